The molecule has 1 saturated carbocycles. The van der Waals surface area contributed by atoms with Gasteiger partial charge in [0.25, 0.3) is 0 Å². The quantitative estimate of drug-likeness (QED) is 0.725. The molecule has 2 atom stereocenters. The van der Waals surface area contributed by atoms with E-state index in [0.717, 1.165) is 31.2 Å². The number of nitrogens with zero attached hydrogens (tertiary/aromatic N) is 1. The number of benzene rings is 1. The van der Waals surface area contributed by atoms with Gasteiger partial charge in [0.15, 0.2) is 0 Å². The Hall–Kier alpha value is -1.64. The summed E-state index contributed by atoms with van der Waals surface area (Å²) in [5.41, 5.74) is 0.912. The molecule has 1 aromatic rings. The molecular weight excluding hydrogens is 238 g/mol. The van der Waals surface area contributed by atoms with Crippen LogP contribution in [0.3, 0.4) is 0 Å². The molecule has 1 heterocycles. The van der Waals surface area contributed by atoms with Gasteiger partial charge >= 0.3 is 0 Å². The van der Waals surface area contributed by atoms with Crippen molar-refractivity contribution in [1.29, 1.82) is 0 Å². The Balaban J connectivity index is 2.09. The monoisotopic (exact) mass is 257 g/mol. The average Bonchev–Trinajstić information content (AvgIpc) is 2.46. The number of carbonyl (C=O) groups excluding carboxylic acids is 2. The summed E-state index contributed by atoms with van der Waals surface area (Å²) in [5.74, 6) is -0.0434. The van der Waals surface area contributed by atoms with Gasteiger partial charge in [-0.05, 0) is 18.4 Å². The zero-order chi connectivity index (χ0) is 13.5. The van der Waals surface area contributed by atoms with Crippen LogP contribution in [0.2, 0.25) is 0 Å². The lowest BCUT2D eigenvalue weighted by atomic mass is 9.58. The van der Waals surface area contributed by atoms with E-state index in [-0.39, 0.29) is 23.1 Å². The largest absolute Gasteiger partial charge is 0.285 e. The molecule has 0 unspecified atom stereocenters. The molecule has 3 rings (SSSR count). The molecule has 2 fully saturated rings. The molecule has 1 aromatic carbocycles. The first-order chi connectivity index (χ1) is 9.15. The standard InChI is InChI=1S/C16H19NO2/c1-17-14(18)11-16(12-7-3-2-4-8-12)10-6-5-9-13(16)15(17)19/h2-4,7-8,13H,5-6,9-11H2,1H3/t13-,16-/m0/s1. The van der Waals surface area contributed by atoms with Crippen LogP contribution in [-0.2, 0) is 15.0 Å². The van der Waals surface area contributed by atoms with Crippen molar-refractivity contribution in [1.82, 2.24) is 4.90 Å². The van der Waals surface area contributed by atoms with Crippen molar-refractivity contribution >= 4 is 11.8 Å². The van der Waals surface area contributed by atoms with Gasteiger partial charge in [-0.2, -0.15) is 0 Å². The molecule has 0 radical (unpaired) electrons. The summed E-state index contributed by atoms with van der Waals surface area (Å²) in [7, 11) is 1.62. The van der Waals surface area contributed by atoms with Crippen molar-refractivity contribution in [3.63, 3.8) is 0 Å². The number of imide groups is 1. The Morgan fingerprint density at radius 3 is 2.63 bits per heavy atom. The Morgan fingerprint density at radius 2 is 1.89 bits per heavy atom. The lowest BCUT2D eigenvalue weighted by Gasteiger charge is -2.48. The zero-order valence-electron chi connectivity index (χ0n) is 11.3. The van der Waals surface area contributed by atoms with Crippen molar-refractivity contribution < 1.29 is 9.59 Å². The predicted octanol–water partition coefficient (Wildman–Crippen LogP) is 2.50. The number of amides is 2. The molecule has 3 nitrogen and oxygen atoms in total. The van der Waals surface area contributed by atoms with Crippen LogP contribution in [0.15, 0.2) is 30.3 Å². The minimum Gasteiger partial charge on any atom is -0.285 e. The maximum absolute atomic E-state index is 12.5. The summed E-state index contributed by atoms with van der Waals surface area (Å²) >= 11 is 0. The van der Waals surface area contributed by atoms with Crippen LogP contribution >= 0.6 is 0 Å². The van der Waals surface area contributed by atoms with E-state index in [9.17, 15) is 9.59 Å². The smallest absolute Gasteiger partial charge is 0.232 e. The maximum Gasteiger partial charge on any atom is 0.232 e. The van der Waals surface area contributed by atoms with E-state index in [1.165, 1.54) is 4.90 Å². The van der Waals surface area contributed by atoms with E-state index in [0.29, 0.717) is 6.42 Å². The normalized spacial score (nSPS) is 31.2. The summed E-state index contributed by atoms with van der Waals surface area (Å²) in [5, 5.41) is 0. The van der Waals surface area contributed by atoms with Gasteiger partial charge in [0.05, 0.1) is 0 Å². The molecule has 3 heteroatoms. The first kappa shape index (κ1) is 12.4. The highest BCUT2D eigenvalue weighted by Gasteiger charge is 2.52. The van der Waals surface area contributed by atoms with Crippen molar-refractivity contribution in [3.05, 3.63) is 35.9 Å². The SMILES string of the molecule is CN1C(=O)C[C@]2(c3ccccc3)CCCC[C@H]2C1=O. The van der Waals surface area contributed by atoms with E-state index in [1.54, 1.807) is 7.05 Å². The van der Waals surface area contributed by atoms with Crippen LogP contribution in [0, 0.1) is 5.92 Å². The van der Waals surface area contributed by atoms with Crippen LogP contribution in [0.1, 0.15) is 37.7 Å². The van der Waals surface area contributed by atoms with Gasteiger partial charge in [-0.1, -0.05) is 43.2 Å². The number of piperidine rings is 1. The Morgan fingerprint density at radius 1 is 1.16 bits per heavy atom. The van der Waals surface area contributed by atoms with E-state index >= 15 is 0 Å². The minimum absolute atomic E-state index is 0.0137. The Kier molecular flexibility index (Phi) is 2.92. The summed E-state index contributed by atoms with van der Waals surface area (Å²) in [6.07, 6.45) is 4.53. The first-order valence-corrected chi connectivity index (χ1v) is 7.01. The van der Waals surface area contributed by atoms with E-state index < -0.39 is 0 Å². The zero-order valence-corrected chi connectivity index (χ0v) is 11.3. The van der Waals surface area contributed by atoms with Gasteiger partial charge in [0.1, 0.15) is 0 Å². The van der Waals surface area contributed by atoms with Gasteiger partial charge < -0.3 is 0 Å². The molecule has 0 aromatic heterocycles. The van der Waals surface area contributed by atoms with E-state index in [1.807, 2.05) is 18.2 Å². The molecule has 0 bridgehead atoms. The Bertz CT molecular complexity index is 511. The Labute approximate surface area is 113 Å². The highest BCUT2D eigenvalue weighted by Crippen LogP contribution is 2.49. The van der Waals surface area contributed by atoms with Gasteiger partial charge in [-0.3, -0.25) is 14.5 Å². The van der Waals surface area contributed by atoms with Crippen LogP contribution in [0.5, 0.6) is 0 Å². The highest BCUT2D eigenvalue weighted by atomic mass is 16.2. The molecule has 1 aliphatic carbocycles. The van der Waals surface area contributed by atoms with Crippen LogP contribution in [-0.4, -0.2) is 23.8 Å². The fourth-order valence-electron chi connectivity index (χ4n) is 3.77. The molecular formula is C16H19NO2. The summed E-state index contributed by atoms with van der Waals surface area (Å²) in [6.45, 7) is 0. The van der Waals surface area contributed by atoms with Crippen molar-refractivity contribution in [3.8, 4) is 0 Å². The molecule has 0 N–H and O–H groups in total. The first-order valence-electron chi connectivity index (χ1n) is 7.01. The number of hydrogen-bond acceptors (Lipinski definition) is 2. The fourth-order valence-corrected chi connectivity index (χ4v) is 3.77. The van der Waals surface area contributed by atoms with Crippen LogP contribution in [0.4, 0.5) is 0 Å². The van der Waals surface area contributed by atoms with E-state index in [4.69, 9.17) is 0 Å². The third kappa shape index (κ3) is 1.79. The fraction of sp³-hybridized carbons (Fsp3) is 0.500. The van der Waals surface area contributed by atoms with Crippen LogP contribution < -0.4 is 0 Å². The highest BCUT2D eigenvalue weighted by molar-refractivity contribution is 6.00. The van der Waals surface area contributed by atoms with Crippen molar-refractivity contribution in [2.24, 2.45) is 5.92 Å². The lowest BCUT2D eigenvalue weighted by molar-refractivity contribution is -0.155. The summed E-state index contributed by atoms with van der Waals surface area (Å²) in [4.78, 5) is 25.9. The molecule has 2 aliphatic rings. The summed E-state index contributed by atoms with van der Waals surface area (Å²) in [6, 6.07) is 10.1. The van der Waals surface area contributed by atoms with Gasteiger partial charge in [-0.25, -0.2) is 0 Å². The summed E-state index contributed by atoms with van der Waals surface area (Å²) < 4.78 is 0. The van der Waals surface area contributed by atoms with E-state index in [2.05, 4.69) is 12.1 Å². The number of fused-ring (bicyclic) bond motifs is 1. The predicted molar refractivity (Wildman–Crippen MR) is 72.5 cm³/mol. The minimum atomic E-state index is -0.250. The molecule has 19 heavy (non-hydrogen) atoms. The molecule has 100 valence electrons. The molecule has 1 aliphatic heterocycles. The van der Waals surface area contributed by atoms with Crippen LogP contribution in [0.25, 0.3) is 0 Å². The second-order valence-corrected chi connectivity index (χ2v) is 5.79. The lowest BCUT2D eigenvalue weighted by Crippen LogP contribution is -2.56. The van der Waals surface area contributed by atoms with Gasteiger partial charge in [0.2, 0.25) is 11.8 Å². The number of hydrogen-bond donors (Lipinski definition) is 0. The molecule has 1 saturated heterocycles. The topological polar surface area (TPSA) is 37.4 Å². The van der Waals surface area contributed by atoms with Crippen molar-refractivity contribution in [2.45, 2.75) is 37.5 Å². The van der Waals surface area contributed by atoms with Crippen molar-refractivity contribution in [2.75, 3.05) is 7.05 Å². The number of rotatable bonds is 1. The van der Waals surface area contributed by atoms with Gasteiger partial charge in [0, 0.05) is 24.8 Å². The van der Waals surface area contributed by atoms with Gasteiger partial charge in [-0.15, -0.1) is 0 Å². The molecule has 2 amide bonds. The average molecular weight is 257 g/mol. The number of likely N-dealkylation sites (tertiary alicyclic amines) is 1. The third-order valence-corrected chi connectivity index (χ3v) is 4.85. The second-order valence-electron chi connectivity index (χ2n) is 5.79. The third-order valence-electron chi connectivity index (χ3n) is 4.85. The number of carbonyl (C=O) groups is 2. The molecule has 0 spiro atoms. The maximum atomic E-state index is 12.5. The second kappa shape index (κ2) is 4.48.